The zero-order chi connectivity index (χ0) is 19.1. The maximum atomic E-state index is 11.3. The number of aromatic nitrogens is 4. The van der Waals surface area contributed by atoms with E-state index >= 15 is 0 Å². The lowest BCUT2D eigenvalue weighted by molar-refractivity contribution is 0.0680. The molecule has 2 N–H and O–H groups in total. The van der Waals surface area contributed by atoms with Gasteiger partial charge in [-0.05, 0) is 18.2 Å². The van der Waals surface area contributed by atoms with Crippen LogP contribution in [0, 0.1) is 0 Å². The number of carbonyl (C=O) groups is 1. The van der Waals surface area contributed by atoms with Gasteiger partial charge in [0, 0.05) is 10.4 Å². The molecule has 10 heteroatoms. The van der Waals surface area contributed by atoms with Gasteiger partial charge in [-0.15, -0.1) is 20.4 Å². The number of halogens is 1. The number of benzene rings is 1. The molecule has 0 unspecified atom stereocenters. The Kier molecular flexibility index (Phi) is 4.41. The van der Waals surface area contributed by atoms with Crippen LogP contribution in [0.25, 0.3) is 5.65 Å². The molecule has 0 radical (unpaired) electrons. The fraction of sp³-hybridized carbons (Fsp3) is 0.312. The number of carboxylic acids is 1. The average Bonchev–Trinajstić information content (AvgIpc) is 3.11. The van der Waals surface area contributed by atoms with Gasteiger partial charge in [-0.2, -0.15) is 0 Å². The van der Waals surface area contributed by atoms with E-state index in [-0.39, 0.29) is 16.9 Å². The van der Waals surface area contributed by atoms with Crippen LogP contribution >= 0.6 is 11.6 Å². The first-order valence-corrected chi connectivity index (χ1v) is 8.06. The smallest absolute Gasteiger partial charge is 0.375 e. The Morgan fingerprint density at radius 2 is 2.04 bits per heavy atom. The van der Waals surface area contributed by atoms with E-state index in [2.05, 4.69) is 25.5 Å². The molecule has 0 aliphatic heterocycles. The number of H-pyrrole nitrogens is 1. The summed E-state index contributed by atoms with van der Waals surface area (Å²) in [6.45, 7) is 5.89. The fourth-order valence-electron chi connectivity index (χ4n) is 2.42. The van der Waals surface area contributed by atoms with Gasteiger partial charge in [0.05, 0.1) is 12.8 Å². The summed E-state index contributed by atoms with van der Waals surface area (Å²) in [7, 11) is 1.52. The molecular weight excluding hydrogens is 360 g/mol. The Labute approximate surface area is 153 Å². The molecule has 0 spiro atoms. The van der Waals surface area contributed by atoms with Gasteiger partial charge in [-0.25, -0.2) is 9.31 Å². The zero-order valence-electron chi connectivity index (χ0n) is 14.6. The van der Waals surface area contributed by atoms with Gasteiger partial charge in [-0.3, -0.25) is 5.10 Å². The molecule has 0 aliphatic rings. The minimum atomic E-state index is -1.20. The van der Waals surface area contributed by atoms with Crippen molar-refractivity contribution >= 4 is 34.6 Å². The number of rotatable bonds is 4. The molecule has 26 heavy (non-hydrogen) atoms. The van der Waals surface area contributed by atoms with E-state index in [9.17, 15) is 9.90 Å². The third kappa shape index (κ3) is 3.13. The lowest BCUT2D eigenvalue weighted by Gasteiger charge is -2.16. The van der Waals surface area contributed by atoms with Crippen molar-refractivity contribution in [2.24, 2.45) is 10.2 Å². The molecule has 3 aromatic rings. The lowest BCUT2D eigenvalue weighted by Crippen LogP contribution is -2.13. The van der Waals surface area contributed by atoms with Crippen LogP contribution in [0.2, 0.25) is 5.02 Å². The number of azo groups is 1. The number of aromatic carboxylic acids is 1. The minimum Gasteiger partial charge on any atom is -0.494 e. The van der Waals surface area contributed by atoms with Crippen molar-refractivity contribution in [3.05, 3.63) is 34.7 Å². The number of hydrogen-bond acceptors (Lipinski definition) is 6. The van der Waals surface area contributed by atoms with E-state index in [0.717, 1.165) is 0 Å². The minimum absolute atomic E-state index is 0.229. The number of methoxy groups -OCH3 is 1. The number of nitrogens with one attached hydrogen (secondary N) is 1. The van der Waals surface area contributed by atoms with Gasteiger partial charge in [0.2, 0.25) is 5.65 Å². The highest BCUT2D eigenvalue weighted by Gasteiger charge is 2.27. The summed E-state index contributed by atoms with van der Waals surface area (Å²) in [6.07, 6.45) is 0. The highest BCUT2D eigenvalue weighted by Crippen LogP contribution is 2.37. The Hall–Kier alpha value is -2.94. The van der Waals surface area contributed by atoms with Gasteiger partial charge in [0.15, 0.2) is 5.69 Å². The SMILES string of the molecule is COc1ccc(Cl)cc1N=Nc1c(C(C)(C)C)[nH]n2c(C(=O)O)nnc12. The van der Waals surface area contributed by atoms with Crippen molar-refractivity contribution in [3.63, 3.8) is 0 Å². The normalized spacial score (nSPS) is 12.2. The standard InChI is InChI=1S/C16H17ClN6O3/c1-16(2,3)12-11(13-20-21-14(15(24)25)23(13)22-12)19-18-9-7-8(17)5-6-10(9)26-4/h5-7,22H,1-4H3,(H,24,25). The monoisotopic (exact) mass is 376 g/mol. The molecule has 1 aromatic carbocycles. The summed E-state index contributed by atoms with van der Waals surface area (Å²) < 4.78 is 6.54. The number of nitrogens with zero attached hydrogens (tertiary/aromatic N) is 5. The molecule has 0 saturated heterocycles. The van der Waals surface area contributed by atoms with Gasteiger partial charge < -0.3 is 9.84 Å². The van der Waals surface area contributed by atoms with Crippen molar-refractivity contribution in [3.8, 4) is 5.75 Å². The molecule has 0 saturated carbocycles. The summed E-state index contributed by atoms with van der Waals surface area (Å²) in [6, 6.07) is 5.00. The van der Waals surface area contributed by atoms with Crippen LogP contribution < -0.4 is 4.74 Å². The Bertz CT molecular complexity index is 1020. The van der Waals surface area contributed by atoms with Crippen molar-refractivity contribution in [1.82, 2.24) is 19.8 Å². The fourth-order valence-corrected chi connectivity index (χ4v) is 2.59. The molecule has 3 rings (SSSR count). The molecule has 0 fully saturated rings. The molecule has 0 aliphatic carbocycles. The molecule has 0 atom stereocenters. The van der Waals surface area contributed by atoms with Gasteiger partial charge in [0.1, 0.15) is 11.4 Å². The molecular formula is C16H17ClN6O3. The highest BCUT2D eigenvalue weighted by molar-refractivity contribution is 6.30. The Morgan fingerprint density at radius 1 is 1.31 bits per heavy atom. The first kappa shape index (κ1) is 17.9. The van der Waals surface area contributed by atoms with Crippen LogP contribution in [-0.2, 0) is 5.41 Å². The quantitative estimate of drug-likeness (QED) is 0.664. The second kappa shape index (κ2) is 6.41. The molecule has 0 amide bonds. The van der Waals surface area contributed by atoms with Crippen molar-refractivity contribution < 1.29 is 14.6 Å². The Morgan fingerprint density at radius 3 is 2.65 bits per heavy atom. The van der Waals surface area contributed by atoms with Crippen molar-refractivity contribution in [1.29, 1.82) is 0 Å². The summed E-state index contributed by atoms with van der Waals surface area (Å²) in [4.78, 5) is 11.3. The molecule has 136 valence electrons. The van der Waals surface area contributed by atoms with Crippen LogP contribution in [0.15, 0.2) is 28.4 Å². The second-order valence-electron chi connectivity index (χ2n) is 6.59. The van der Waals surface area contributed by atoms with E-state index < -0.39 is 5.97 Å². The maximum Gasteiger partial charge on any atom is 0.375 e. The Balaban J connectivity index is 2.18. The number of fused-ring (bicyclic) bond motifs is 1. The van der Waals surface area contributed by atoms with Gasteiger partial charge in [-0.1, -0.05) is 32.4 Å². The predicted molar refractivity (Wildman–Crippen MR) is 95.2 cm³/mol. The third-order valence-corrected chi connectivity index (χ3v) is 3.91. The summed E-state index contributed by atoms with van der Waals surface area (Å²) >= 11 is 6.02. The van der Waals surface area contributed by atoms with E-state index in [4.69, 9.17) is 16.3 Å². The van der Waals surface area contributed by atoms with Gasteiger partial charge >= 0.3 is 5.97 Å². The largest absolute Gasteiger partial charge is 0.494 e. The number of hydrogen-bond donors (Lipinski definition) is 2. The third-order valence-electron chi connectivity index (χ3n) is 3.68. The average molecular weight is 377 g/mol. The predicted octanol–water partition coefficient (Wildman–Crippen LogP) is 4.13. The number of carboxylic acid groups (broad SMARTS) is 1. The topological polar surface area (TPSA) is 117 Å². The lowest BCUT2D eigenvalue weighted by atomic mass is 9.91. The van der Waals surface area contributed by atoms with E-state index in [1.807, 2.05) is 20.8 Å². The summed E-state index contributed by atoms with van der Waals surface area (Å²) in [5, 5.41) is 28.9. The molecule has 2 aromatic heterocycles. The van der Waals surface area contributed by atoms with E-state index in [0.29, 0.717) is 27.8 Å². The number of aromatic amines is 1. The van der Waals surface area contributed by atoms with Crippen LogP contribution in [-0.4, -0.2) is 38.0 Å². The second-order valence-corrected chi connectivity index (χ2v) is 7.03. The first-order chi connectivity index (χ1) is 12.2. The molecule has 2 heterocycles. The molecule has 0 bridgehead atoms. The highest BCUT2D eigenvalue weighted by atomic mass is 35.5. The maximum absolute atomic E-state index is 11.3. The summed E-state index contributed by atoms with van der Waals surface area (Å²) in [5.74, 6) is -0.916. The van der Waals surface area contributed by atoms with Crippen LogP contribution in [0.1, 0.15) is 37.1 Å². The van der Waals surface area contributed by atoms with Crippen LogP contribution in [0.5, 0.6) is 5.75 Å². The van der Waals surface area contributed by atoms with E-state index in [1.165, 1.54) is 11.6 Å². The van der Waals surface area contributed by atoms with Gasteiger partial charge in [0.25, 0.3) is 5.82 Å². The molecule has 9 nitrogen and oxygen atoms in total. The summed E-state index contributed by atoms with van der Waals surface area (Å²) in [5.41, 5.74) is 1.44. The van der Waals surface area contributed by atoms with Crippen LogP contribution in [0.3, 0.4) is 0 Å². The zero-order valence-corrected chi connectivity index (χ0v) is 15.4. The first-order valence-electron chi connectivity index (χ1n) is 7.68. The van der Waals surface area contributed by atoms with Crippen LogP contribution in [0.4, 0.5) is 11.4 Å². The van der Waals surface area contributed by atoms with Crippen molar-refractivity contribution in [2.75, 3.05) is 7.11 Å². The van der Waals surface area contributed by atoms with Crippen molar-refractivity contribution in [2.45, 2.75) is 26.2 Å². The van der Waals surface area contributed by atoms with E-state index in [1.54, 1.807) is 18.2 Å². The number of ether oxygens (including phenoxy) is 1.